The molecule has 36 heavy (non-hydrogen) atoms. The minimum atomic E-state index is -0.602. The number of thioether (sulfide) groups is 1. The van der Waals surface area contributed by atoms with E-state index in [0.29, 0.717) is 16.4 Å². The number of anilines is 1. The van der Waals surface area contributed by atoms with Gasteiger partial charge in [-0.15, -0.1) is 21.5 Å². The van der Waals surface area contributed by atoms with Crippen LogP contribution in [0.1, 0.15) is 28.1 Å². The van der Waals surface area contributed by atoms with E-state index < -0.39 is 5.25 Å². The fraction of sp³-hybridized carbons (Fsp3) is 0.0714. The van der Waals surface area contributed by atoms with Gasteiger partial charge in [0.1, 0.15) is 5.25 Å². The largest absolute Gasteiger partial charge is 0.325 e. The highest BCUT2D eigenvalue weighted by Crippen LogP contribution is 2.38. The van der Waals surface area contributed by atoms with E-state index in [4.69, 9.17) is 0 Å². The predicted molar refractivity (Wildman–Crippen MR) is 145 cm³/mol. The Morgan fingerprint density at radius 1 is 0.889 bits per heavy atom. The molecule has 0 saturated carbocycles. The maximum Gasteiger partial charge on any atom is 0.242 e. The zero-order valence-electron chi connectivity index (χ0n) is 19.4. The number of carbonyl (C=O) groups excluding carboxylic acids is 2. The number of hydrogen-bond donors (Lipinski definition) is 1. The first-order valence-electron chi connectivity index (χ1n) is 11.3. The summed E-state index contributed by atoms with van der Waals surface area (Å²) >= 11 is 2.92. The van der Waals surface area contributed by atoms with E-state index in [0.717, 1.165) is 22.0 Å². The molecule has 1 amide bonds. The Labute approximate surface area is 217 Å². The summed E-state index contributed by atoms with van der Waals surface area (Å²) in [7, 11) is 0. The van der Waals surface area contributed by atoms with Gasteiger partial charge in [-0.2, -0.15) is 0 Å². The first kappa shape index (κ1) is 23.7. The number of nitrogens with one attached hydrogen (secondary N) is 1. The molecule has 2 heterocycles. The van der Waals surface area contributed by atoms with Crippen molar-refractivity contribution in [3.05, 3.63) is 114 Å². The lowest BCUT2D eigenvalue weighted by Gasteiger charge is -2.18. The molecule has 0 fully saturated rings. The molecule has 0 unspecified atom stereocenters. The normalized spacial score (nSPS) is 11.7. The second kappa shape index (κ2) is 10.7. The summed E-state index contributed by atoms with van der Waals surface area (Å²) in [4.78, 5) is 26.4. The van der Waals surface area contributed by atoms with Crippen LogP contribution >= 0.6 is 23.1 Å². The molecule has 0 saturated heterocycles. The van der Waals surface area contributed by atoms with Gasteiger partial charge in [0.2, 0.25) is 5.91 Å². The van der Waals surface area contributed by atoms with Gasteiger partial charge in [0, 0.05) is 16.9 Å². The lowest BCUT2D eigenvalue weighted by atomic mass is 10.1. The lowest BCUT2D eigenvalue weighted by Crippen LogP contribution is -2.19. The molecule has 0 bridgehead atoms. The van der Waals surface area contributed by atoms with Crippen LogP contribution in [0, 0.1) is 0 Å². The SMILES string of the molecule is CC(=O)c1cccc(NC(=O)[C@H](Sc2nnc(-c3cccs3)n2-c2ccccc2)c2ccccc2)c1. The number of rotatable bonds is 8. The average molecular weight is 511 g/mol. The van der Waals surface area contributed by atoms with Crippen LogP contribution in [-0.2, 0) is 4.79 Å². The van der Waals surface area contributed by atoms with Gasteiger partial charge in [0.25, 0.3) is 0 Å². The molecule has 0 radical (unpaired) electrons. The van der Waals surface area contributed by atoms with Crippen LogP contribution in [0.5, 0.6) is 0 Å². The topological polar surface area (TPSA) is 76.9 Å². The van der Waals surface area contributed by atoms with Gasteiger partial charge in [-0.05, 0) is 48.2 Å². The summed E-state index contributed by atoms with van der Waals surface area (Å²) in [6, 6.07) is 30.4. The van der Waals surface area contributed by atoms with Gasteiger partial charge in [0.05, 0.1) is 4.88 Å². The summed E-state index contributed by atoms with van der Waals surface area (Å²) in [5.74, 6) is 0.449. The van der Waals surface area contributed by atoms with Crippen LogP contribution in [-0.4, -0.2) is 26.5 Å². The Morgan fingerprint density at radius 3 is 2.33 bits per heavy atom. The number of Topliss-reactive ketones (excluding diaryl/α,β-unsaturated/α-hetero) is 1. The molecule has 0 aliphatic rings. The van der Waals surface area contributed by atoms with E-state index >= 15 is 0 Å². The molecule has 0 spiro atoms. The molecule has 0 aliphatic carbocycles. The first-order valence-corrected chi connectivity index (χ1v) is 13.0. The van der Waals surface area contributed by atoms with Crippen molar-refractivity contribution in [2.24, 2.45) is 0 Å². The molecule has 5 rings (SSSR count). The quantitative estimate of drug-likeness (QED) is 0.186. The summed E-state index contributed by atoms with van der Waals surface area (Å²) in [6.07, 6.45) is 0. The Bertz CT molecular complexity index is 1480. The zero-order valence-corrected chi connectivity index (χ0v) is 21.0. The monoisotopic (exact) mass is 510 g/mol. The highest BCUT2D eigenvalue weighted by atomic mass is 32.2. The maximum atomic E-state index is 13.6. The fourth-order valence-corrected chi connectivity index (χ4v) is 5.51. The predicted octanol–water partition coefficient (Wildman–Crippen LogP) is 6.67. The molecule has 6 nitrogen and oxygen atoms in total. The van der Waals surface area contributed by atoms with Crippen molar-refractivity contribution in [1.82, 2.24) is 14.8 Å². The van der Waals surface area contributed by atoms with E-state index in [1.165, 1.54) is 18.7 Å². The number of nitrogens with zero attached hydrogens (tertiary/aromatic N) is 3. The smallest absolute Gasteiger partial charge is 0.242 e. The van der Waals surface area contributed by atoms with Crippen molar-refractivity contribution < 1.29 is 9.59 Å². The molecular formula is C28H22N4O2S2. The molecule has 2 aromatic heterocycles. The van der Waals surface area contributed by atoms with Gasteiger partial charge >= 0.3 is 0 Å². The van der Waals surface area contributed by atoms with Gasteiger partial charge in [-0.3, -0.25) is 14.2 Å². The molecule has 178 valence electrons. The highest BCUT2D eigenvalue weighted by Gasteiger charge is 2.27. The van der Waals surface area contributed by atoms with Crippen molar-refractivity contribution in [2.45, 2.75) is 17.3 Å². The molecule has 5 aromatic rings. The molecule has 3 aromatic carbocycles. The van der Waals surface area contributed by atoms with E-state index in [1.54, 1.807) is 35.6 Å². The van der Waals surface area contributed by atoms with Crippen molar-refractivity contribution >= 4 is 40.5 Å². The Balaban J connectivity index is 1.53. The molecule has 1 atom stereocenters. The van der Waals surface area contributed by atoms with Crippen LogP contribution in [0.25, 0.3) is 16.4 Å². The van der Waals surface area contributed by atoms with E-state index in [-0.39, 0.29) is 11.7 Å². The Morgan fingerprint density at radius 2 is 1.64 bits per heavy atom. The van der Waals surface area contributed by atoms with Gasteiger partial charge in [-0.1, -0.05) is 78.5 Å². The van der Waals surface area contributed by atoms with Crippen LogP contribution in [0.2, 0.25) is 0 Å². The summed E-state index contributed by atoms with van der Waals surface area (Å²) < 4.78 is 1.98. The van der Waals surface area contributed by atoms with Crippen LogP contribution in [0.4, 0.5) is 5.69 Å². The maximum absolute atomic E-state index is 13.6. The second-order valence-electron chi connectivity index (χ2n) is 7.99. The number of aromatic nitrogens is 3. The third kappa shape index (κ3) is 5.15. The highest BCUT2D eigenvalue weighted by molar-refractivity contribution is 8.00. The summed E-state index contributed by atoms with van der Waals surface area (Å²) in [5, 5.41) is 14.0. The number of hydrogen-bond acceptors (Lipinski definition) is 6. The summed E-state index contributed by atoms with van der Waals surface area (Å²) in [5.41, 5.74) is 2.86. The third-order valence-corrected chi connectivity index (χ3v) is 7.55. The van der Waals surface area contributed by atoms with Crippen molar-refractivity contribution in [3.8, 4) is 16.4 Å². The molecule has 1 N–H and O–H groups in total. The number of benzene rings is 3. The molecule has 0 aliphatic heterocycles. The van der Waals surface area contributed by atoms with Crippen LogP contribution in [0.3, 0.4) is 0 Å². The number of para-hydroxylation sites is 1. The van der Waals surface area contributed by atoms with Gasteiger partial charge in [0.15, 0.2) is 16.8 Å². The van der Waals surface area contributed by atoms with Crippen LogP contribution in [0.15, 0.2) is 108 Å². The molecular weight excluding hydrogens is 488 g/mol. The van der Waals surface area contributed by atoms with E-state index in [1.807, 2.05) is 82.7 Å². The minimum absolute atomic E-state index is 0.0582. The average Bonchev–Trinajstić information content (AvgIpc) is 3.58. The minimum Gasteiger partial charge on any atom is -0.325 e. The third-order valence-electron chi connectivity index (χ3n) is 5.49. The number of ketones is 1. The van der Waals surface area contributed by atoms with Crippen LogP contribution < -0.4 is 5.32 Å². The number of thiophene rings is 1. The van der Waals surface area contributed by atoms with Gasteiger partial charge < -0.3 is 5.32 Å². The summed E-state index contributed by atoms with van der Waals surface area (Å²) in [6.45, 7) is 1.51. The lowest BCUT2D eigenvalue weighted by molar-refractivity contribution is -0.115. The zero-order chi connectivity index (χ0) is 24.9. The van der Waals surface area contributed by atoms with Crippen molar-refractivity contribution in [1.29, 1.82) is 0 Å². The molecule has 8 heteroatoms. The van der Waals surface area contributed by atoms with Crippen molar-refractivity contribution in [3.63, 3.8) is 0 Å². The Hall–Kier alpha value is -4.01. The fourth-order valence-electron chi connectivity index (χ4n) is 3.75. The van der Waals surface area contributed by atoms with Gasteiger partial charge in [-0.25, -0.2) is 0 Å². The number of amides is 1. The van der Waals surface area contributed by atoms with E-state index in [9.17, 15) is 9.59 Å². The van der Waals surface area contributed by atoms with Crippen molar-refractivity contribution in [2.75, 3.05) is 5.32 Å². The first-order chi connectivity index (χ1) is 17.6. The standard InChI is InChI=1S/C28H22N4O2S2/c1-19(33)21-12-8-13-22(18-21)29-27(34)25(20-10-4-2-5-11-20)36-28-31-30-26(24-16-9-17-35-24)32(28)23-14-6-3-7-15-23/h2-18,25H,1H3,(H,29,34)/t25-/m1/s1. The number of carbonyl (C=O) groups is 2. The second-order valence-corrected chi connectivity index (χ2v) is 10.0. The van der Waals surface area contributed by atoms with E-state index in [2.05, 4.69) is 15.5 Å². The Kier molecular flexibility index (Phi) is 7.06.